The number of aromatic nitrogens is 2. The van der Waals surface area contributed by atoms with Crippen molar-refractivity contribution in [1.29, 1.82) is 0 Å². The van der Waals surface area contributed by atoms with Crippen LogP contribution in [-0.4, -0.2) is 9.97 Å². The van der Waals surface area contributed by atoms with Gasteiger partial charge < -0.3 is 0 Å². The molecule has 1 aromatic heterocycles. The van der Waals surface area contributed by atoms with Gasteiger partial charge in [0.05, 0.1) is 5.41 Å². The van der Waals surface area contributed by atoms with Gasteiger partial charge in [0.2, 0.25) is 0 Å². The van der Waals surface area contributed by atoms with Crippen LogP contribution in [0, 0.1) is 6.92 Å². The summed E-state index contributed by atoms with van der Waals surface area (Å²) >= 11 is 6.40. The maximum atomic E-state index is 6.40. The summed E-state index contributed by atoms with van der Waals surface area (Å²) in [5.41, 5.74) is 3.37. The van der Waals surface area contributed by atoms with Crippen LogP contribution in [0.15, 0.2) is 30.3 Å². The minimum Gasteiger partial charge on any atom is -0.237 e. The van der Waals surface area contributed by atoms with Gasteiger partial charge in [0.25, 0.3) is 0 Å². The molecule has 0 N–H and O–H groups in total. The van der Waals surface area contributed by atoms with Crippen molar-refractivity contribution < 1.29 is 0 Å². The van der Waals surface area contributed by atoms with Crippen LogP contribution in [-0.2, 0) is 5.41 Å². The van der Waals surface area contributed by atoms with Crippen molar-refractivity contribution in [2.24, 2.45) is 0 Å². The number of nitrogens with zero attached hydrogens (tertiary/aromatic N) is 2. The van der Waals surface area contributed by atoms with Gasteiger partial charge in [-0.3, -0.25) is 0 Å². The number of aryl methyl sites for hydroxylation is 1. The third kappa shape index (κ3) is 2.12. The molecule has 0 radical (unpaired) electrons. The van der Waals surface area contributed by atoms with Gasteiger partial charge in [-0.2, -0.15) is 0 Å². The fraction of sp³-hybridized carbons (Fsp3) is 0.412. The first kappa shape index (κ1) is 13.6. The Morgan fingerprint density at radius 2 is 1.75 bits per heavy atom. The normalized spacial score (nSPS) is 16.4. The minimum absolute atomic E-state index is 0.00876. The van der Waals surface area contributed by atoms with Gasteiger partial charge in [0, 0.05) is 11.3 Å². The average molecular weight is 287 g/mol. The minimum atomic E-state index is -0.00876. The van der Waals surface area contributed by atoms with Crippen LogP contribution in [0.2, 0.25) is 5.15 Å². The van der Waals surface area contributed by atoms with E-state index in [1.807, 2.05) is 13.0 Å². The van der Waals surface area contributed by atoms with E-state index in [4.69, 9.17) is 16.6 Å². The second kappa shape index (κ2) is 4.85. The largest absolute Gasteiger partial charge is 0.237 e. The molecule has 0 atom stereocenters. The van der Waals surface area contributed by atoms with E-state index in [-0.39, 0.29) is 5.41 Å². The summed E-state index contributed by atoms with van der Waals surface area (Å²) < 4.78 is 0. The first-order chi connectivity index (χ1) is 9.54. The van der Waals surface area contributed by atoms with Crippen LogP contribution in [0.3, 0.4) is 0 Å². The van der Waals surface area contributed by atoms with Crippen LogP contribution in [0.4, 0.5) is 0 Å². The molecular formula is C17H19ClN2. The van der Waals surface area contributed by atoms with Gasteiger partial charge in [0.1, 0.15) is 11.0 Å². The van der Waals surface area contributed by atoms with Gasteiger partial charge in [-0.25, -0.2) is 9.97 Å². The smallest absolute Gasteiger partial charge is 0.140 e. The summed E-state index contributed by atoms with van der Waals surface area (Å²) in [6.45, 7) is 6.29. The lowest BCUT2D eigenvalue weighted by Gasteiger charge is -2.18. The second-order valence-corrected chi connectivity index (χ2v) is 6.30. The Hall–Kier alpha value is -1.41. The molecule has 1 aromatic carbocycles. The maximum Gasteiger partial charge on any atom is 0.140 e. The maximum absolute atomic E-state index is 6.40. The molecule has 3 rings (SSSR count). The van der Waals surface area contributed by atoms with Crippen molar-refractivity contribution in [1.82, 2.24) is 9.97 Å². The van der Waals surface area contributed by atoms with E-state index >= 15 is 0 Å². The Balaban J connectivity index is 2.08. The number of hydrogen-bond acceptors (Lipinski definition) is 2. The van der Waals surface area contributed by atoms with Gasteiger partial charge in [-0.05, 0) is 31.2 Å². The van der Waals surface area contributed by atoms with Crippen molar-refractivity contribution >= 4 is 11.6 Å². The van der Waals surface area contributed by atoms with E-state index in [9.17, 15) is 0 Å². The summed E-state index contributed by atoms with van der Waals surface area (Å²) in [5.74, 6) is 1.24. The Labute approximate surface area is 125 Å². The second-order valence-electron chi connectivity index (χ2n) is 5.94. The van der Waals surface area contributed by atoms with E-state index < -0.39 is 0 Å². The average Bonchev–Trinajstić information content (AvgIpc) is 3.20. The highest BCUT2D eigenvalue weighted by Gasteiger charge is 2.48. The summed E-state index contributed by atoms with van der Waals surface area (Å²) in [7, 11) is 0. The zero-order valence-electron chi connectivity index (χ0n) is 12.2. The van der Waals surface area contributed by atoms with Crippen molar-refractivity contribution in [2.45, 2.75) is 44.9 Å². The Bertz CT molecular complexity index is 608. The van der Waals surface area contributed by atoms with Gasteiger partial charge in [-0.1, -0.05) is 55.8 Å². The number of halogens is 1. The van der Waals surface area contributed by atoms with Crippen LogP contribution in [0.5, 0.6) is 0 Å². The highest BCUT2D eigenvalue weighted by Crippen LogP contribution is 2.52. The number of hydrogen-bond donors (Lipinski definition) is 0. The first-order valence-electron chi connectivity index (χ1n) is 7.14. The topological polar surface area (TPSA) is 25.8 Å². The van der Waals surface area contributed by atoms with Crippen molar-refractivity contribution in [3.8, 4) is 0 Å². The molecule has 0 spiro atoms. The van der Waals surface area contributed by atoms with Crippen LogP contribution in [0.25, 0.3) is 0 Å². The molecule has 20 heavy (non-hydrogen) atoms. The van der Waals surface area contributed by atoms with Gasteiger partial charge in [-0.15, -0.1) is 0 Å². The molecule has 2 nitrogen and oxygen atoms in total. The Morgan fingerprint density at radius 3 is 2.25 bits per heavy atom. The zero-order valence-corrected chi connectivity index (χ0v) is 12.9. The van der Waals surface area contributed by atoms with E-state index in [0.29, 0.717) is 11.1 Å². The molecule has 1 aliphatic carbocycles. The molecule has 0 unspecified atom stereocenters. The van der Waals surface area contributed by atoms with E-state index in [0.717, 1.165) is 29.9 Å². The van der Waals surface area contributed by atoms with Crippen LogP contribution < -0.4 is 0 Å². The lowest BCUT2D eigenvalue weighted by Crippen LogP contribution is -2.16. The van der Waals surface area contributed by atoms with Crippen molar-refractivity contribution in [3.05, 3.63) is 58.1 Å². The first-order valence-corrected chi connectivity index (χ1v) is 7.52. The Morgan fingerprint density at radius 1 is 1.10 bits per heavy atom. The molecule has 0 saturated heterocycles. The summed E-state index contributed by atoms with van der Waals surface area (Å²) in [6.07, 6.45) is 2.21. The monoisotopic (exact) mass is 286 g/mol. The molecule has 104 valence electrons. The predicted molar refractivity (Wildman–Crippen MR) is 82.3 cm³/mol. The summed E-state index contributed by atoms with van der Waals surface area (Å²) in [5, 5.41) is 0.615. The summed E-state index contributed by atoms with van der Waals surface area (Å²) in [4.78, 5) is 9.39. The molecular weight excluding hydrogens is 268 g/mol. The van der Waals surface area contributed by atoms with Gasteiger partial charge >= 0.3 is 0 Å². The van der Waals surface area contributed by atoms with Crippen molar-refractivity contribution in [2.75, 3.05) is 0 Å². The molecule has 1 saturated carbocycles. The van der Waals surface area contributed by atoms with Crippen LogP contribution >= 0.6 is 11.6 Å². The van der Waals surface area contributed by atoms with Crippen LogP contribution in [0.1, 0.15) is 55.3 Å². The number of rotatable bonds is 3. The SMILES string of the molecule is Cc1nc(C2(c3ccccc3)CC2)nc(Cl)c1C(C)C. The molecule has 3 heteroatoms. The predicted octanol–water partition coefficient (Wildman–Crippen LogP) is 4.64. The third-order valence-corrected chi connectivity index (χ3v) is 4.46. The highest BCUT2D eigenvalue weighted by atomic mass is 35.5. The molecule has 2 aromatic rings. The standard InChI is InChI=1S/C17H19ClN2/c1-11(2)14-12(3)19-16(20-15(14)18)17(9-10-17)13-7-5-4-6-8-13/h4-8,11H,9-10H2,1-3H3. The van der Waals surface area contributed by atoms with Gasteiger partial charge in [0.15, 0.2) is 0 Å². The fourth-order valence-corrected chi connectivity index (χ4v) is 3.38. The molecule has 1 fully saturated rings. The lowest BCUT2D eigenvalue weighted by molar-refractivity contribution is 0.727. The zero-order chi connectivity index (χ0) is 14.3. The molecule has 0 amide bonds. The van der Waals surface area contributed by atoms with Crippen molar-refractivity contribution in [3.63, 3.8) is 0 Å². The van der Waals surface area contributed by atoms with E-state index in [2.05, 4.69) is 43.1 Å². The number of benzene rings is 1. The highest BCUT2D eigenvalue weighted by molar-refractivity contribution is 6.30. The van der Waals surface area contributed by atoms with E-state index in [1.165, 1.54) is 5.56 Å². The van der Waals surface area contributed by atoms with E-state index in [1.54, 1.807) is 0 Å². The fourth-order valence-electron chi connectivity index (χ4n) is 2.94. The summed E-state index contributed by atoms with van der Waals surface area (Å²) in [6, 6.07) is 10.5. The molecule has 0 aliphatic heterocycles. The Kier molecular flexibility index (Phi) is 3.29. The molecule has 1 aliphatic rings. The quantitative estimate of drug-likeness (QED) is 0.768. The molecule has 1 heterocycles. The molecule has 0 bridgehead atoms. The third-order valence-electron chi connectivity index (χ3n) is 4.17. The lowest BCUT2D eigenvalue weighted by atomic mass is 9.94.